The summed E-state index contributed by atoms with van der Waals surface area (Å²) in [5.41, 5.74) is -4.21. The van der Waals surface area contributed by atoms with Crippen molar-refractivity contribution in [1.82, 2.24) is 9.88 Å². The number of rotatable bonds is 3. The number of carbonyl (C=O) groups is 1. The molecule has 0 atom stereocenters. The van der Waals surface area contributed by atoms with Gasteiger partial charge in [-0.2, -0.15) is 13.2 Å². The van der Waals surface area contributed by atoms with Gasteiger partial charge in [-0.1, -0.05) is 0 Å². The Morgan fingerprint density at radius 1 is 1.30 bits per heavy atom. The first kappa shape index (κ1) is 19.2. The highest BCUT2D eigenvalue weighted by atomic mass is 19.4. The van der Waals surface area contributed by atoms with Crippen LogP contribution in [0.1, 0.15) is 22.8 Å². The Labute approximate surface area is 151 Å². The molecule has 0 saturated carbocycles. The third-order valence-electron chi connectivity index (χ3n) is 4.58. The van der Waals surface area contributed by atoms with Gasteiger partial charge in [0.2, 0.25) is 5.43 Å². The van der Waals surface area contributed by atoms with Crippen LogP contribution < -0.4 is 15.6 Å². The Balaban J connectivity index is 2.48. The number of alkyl halides is 3. The quantitative estimate of drug-likeness (QED) is 0.791. The zero-order valence-electron chi connectivity index (χ0n) is 14.4. The highest BCUT2D eigenvalue weighted by Gasteiger charge is 2.40. The van der Waals surface area contributed by atoms with E-state index in [1.807, 2.05) is 0 Å². The van der Waals surface area contributed by atoms with Gasteiger partial charge in [-0.25, -0.2) is 9.18 Å². The zero-order valence-corrected chi connectivity index (χ0v) is 14.4. The van der Waals surface area contributed by atoms with Crippen LogP contribution in [0.5, 0.6) is 0 Å². The summed E-state index contributed by atoms with van der Waals surface area (Å²) >= 11 is 0. The Morgan fingerprint density at radius 2 is 1.93 bits per heavy atom. The van der Waals surface area contributed by atoms with Crippen molar-refractivity contribution in [1.29, 1.82) is 0 Å². The molecule has 0 spiro atoms. The largest absolute Gasteiger partial charge is 0.477 e. The predicted molar refractivity (Wildman–Crippen MR) is 90.9 cm³/mol. The second-order valence-electron chi connectivity index (χ2n) is 6.18. The number of aryl methyl sites for hydroxylation is 1. The zero-order chi connectivity index (χ0) is 19.9. The third-order valence-corrected chi connectivity index (χ3v) is 4.58. The monoisotopic (exact) mass is 387 g/mol. The summed E-state index contributed by atoms with van der Waals surface area (Å²) in [5.74, 6) is -2.77. The number of fused-ring (bicyclic) bond motifs is 1. The van der Waals surface area contributed by atoms with Crippen LogP contribution in [-0.4, -0.2) is 41.8 Å². The fourth-order valence-corrected chi connectivity index (χ4v) is 3.39. The van der Waals surface area contributed by atoms with Gasteiger partial charge in [-0.05, 0) is 13.0 Å². The first-order chi connectivity index (χ1) is 12.7. The molecule has 0 unspecified atom stereocenters. The van der Waals surface area contributed by atoms with E-state index in [4.69, 9.17) is 5.11 Å². The van der Waals surface area contributed by atoms with Crippen LogP contribution in [0.15, 0.2) is 17.1 Å². The average molecular weight is 387 g/mol. The van der Waals surface area contributed by atoms with Crippen molar-refractivity contribution >= 4 is 22.6 Å². The van der Waals surface area contributed by atoms with E-state index in [-0.39, 0.29) is 19.6 Å². The standard InChI is InChI=1S/C17H17F4N3O3/c1-2-23-8-10(16(26)27)15(25)9-7-11(18)14(24-5-3-22-4-6-24)12(13(9)23)17(19,20)21/h7-8,22H,2-6H2,1H3,(H,26,27). The van der Waals surface area contributed by atoms with E-state index in [1.54, 1.807) is 0 Å². The summed E-state index contributed by atoms with van der Waals surface area (Å²) < 4.78 is 57.8. The van der Waals surface area contributed by atoms with Crippen LogP contribution in [0, 0.1) is 5.82 Å². The molecule has 1 saturated heterocycles. The third kappa shape index (κ3) is 3.25. The minimum Gasteiger partial charge on any atom is -0.477 e. The molecule has 2 N–H and O–H groups in total. The van der Waals surface area contributed by atoms with Crippen molar-refractivity contribution in [3.8, 4) is 0 Å². The lowest BCUT2D eigenvalue weighted by Crippen LogP contribution is -2.44. The van der Waals surface area contributed by atoms with Crippen LogP contribution in [0.25, 0.3) is 10.9 Å². The molecule has 1 aliphatic heterocycles. The van der Waals surface area contributed by atoms with Crippen LogP contribution in [0.2, 0.25) is 0 Å². The molecule has 6 nitrogen and oxygen atoms in total. The van der Waals surface area contributed by atoms with Crippen LogP contribution in [0.3, 0.4) is 0 Å². The number of nitrogens with one attached hydrogen (secondary N) is 1. The second kappa shape index (κ2) is 6.84. The second-order valence-corrected chi connectivity index (χ2v) is 6.18. The van der Waals surface area contributed by atoms with E-state index in [0.717, 1.165) is 10.8 Å². The molecule has 2 aromatic rings. The van der Waals surface area contributed by atoms with E-state index in [2.05, 4.69) is 5.32 Å². The highest BCUT2D eigenvalue weighted by molar-refractivity contribution is 5.95. The molecule has 0 amide bonds. The SMILES string of the molecule is CCn1cc(C(=O)O)c(=O)c2cc(F)c(N3CCNCC3)c(C(F)(F)F)c21. The topological polar surface area (TPSA) is 74.6 Å². The molecule has 0 bridgehead atoms. The molecule has 1 aromatic heterocycles. The molecule has 1 fully saturated rings. The smallest absolute Gasteiger partial charge is 0.420 e. The number of hydrogen-bond acceptors (Lipinski definition) is 4. The van der Waals surface area contributed by atoms with Crippen LogP contribution >= 0.6 is 0 Å². The van der Waals surface area contributed by atoms with Crippen molar-refractivity contribution in [3.63, 3.8) is 0 Å². The number of piperazine rings is 1. The molecular weight excluding hydrogens is 370 g/mol. The highest BCUT2D eigenvalue weighted by Crippen LogP contribution is 2.42. The molecule has 10 heteroatoms. The van der Waals surface area contributed by atoms with Crippen molar-refractivity contribution in [2.24, 2.45) is 0 Å². The number of pyridine rings is 1. The number of halogens is 4. The Morgan fingerprint density at radius 3 is 2.44 bits per heavy atom. The number of aromatic nitrogens is 1. The molecule has 0 aliphatic carbocycles. The Bertz CT molecular complexity index is 963. The number of aromatic carboxylic acids is 1. The normalized spacial score (nSPS) is 15.4. The lowest BCUT2D eigenvalue weighted by atomic mass is 10.0. The molecule has 1 aliphatic rings. The summed E-state index contributed by atoms with van der Waals surface area (Å²) in [6.07, 6.45) is -4.06. The number of carboxylic acid groups (broad SMARTS) is 1. The summed E-state index contributed by atoms with van der Waals surface area (Å²) in [6, 6.07) is 0.711. The van der Waals surface area contributed by atoms with Crippen molar-refractivity contribution in [2.75, 3.05) is 31.1 Å². The lowest BCUT2D eigenvalue weighted by Gasteiger charge is -2.32. The predicted octanol–water partition coefficient (Wildman–Crippen LogP) is 2.29. The summed E-state index contributed by atoms with van der Waals surface area (Å²) in [6.45, 7) is 2.64. The van der Waals surface area contributed by atoms with Gasteiger partial charge in [0.15, 0.2) is 0 Å². The molecule has 146 valence electrons. The van der Waals surface area contributed by atoms with E-state index in [1.165, 1.54) is 11.8 Å². The maximum Gasteiger partial charge on any atom is 0.420 e. The molecular formula is C17H17F4N3O3. The first-order valence-corrected chi connectivity index (χ1v) is 8.32. The number of anilines is 1. The fourth-order valence-electron chi connectivity index (χ4n) is 3.39. The Kier molecular flexibility index (Phi) is 4.85. The van der Waals surface area contributed by atoms with Crippen molar-refractivity contribution < 1.29 is 27.5 Å². The van der Waals surface area contributed by atoms with Gasteiger partial charge in [0.25, 0.3) is 0 Å². The maximum absolute atomic E-state index is 14.8. The van der Waals surface area contributed by atoms with E-state index in [9.17, 15) is 27.2 Å². The first-order valence-electron chi connectivity index (χ1n) is 8.32. The van der Waals surface area contributed by atoms with Crippen LogP contribution in [-0.2, 0) is 12.7 Å². The van der Waals surface area contributed by atoms with E-state index >= 15 is 0 Å². The number of hydrogen-bond donors (Lipinski definition) is 2. The minimum atomic E-state index is -4.94. The van der Waals surface area contributed by atoms with Gasteiger partial charge in [-0.15, -0.1) is 0 Å². The van der Waals surface area contributed by atoms with Gasteiger partial charge >= 0.3 is 12.1 Å². The number of benzene rings is 1. The molecule has 3 rings (SSSR count). The van der Waals surface area contributed by atoms with Crippen LogP contribution in [0.4, 0.5) is 23.2 Å². The summed E-state index contributed by atoms with van der Waals surface area (Å²) in [7, 11) is 0. The van der Waals surface area contributed by atoms with Gasteiger partial charge in [0, 0.05) is 38.9 Å². The molecule has 2 heterocycles. The summed E-state index contributed by atoms with van der Waals surface area (Å²) in [4.78, 5) is 25.0. The average Bonchev–Trinajstić information content (AvgIpc) is 2.61. The summed E-state index contributed by atoms with van der Waals surface area (Å²) in [5, 5.41) is 11.5. The van der Waals surface area contributed by atoms with E-state index < -0.39 is 51.1 Å². The minimum absolute atomic E-state index is 0.0211. The number of carboxylic acids is 1. The fraction of sp³-hybridized carbons (Fsp3) is 0.412. The molecule has 27 heavy (non-hydrogen) atoms. The number of nitrogens with zero attached hydrogens (tertiary/aromatic N) is 2. The van der Waals surface area contributed by atoms with Gasteiger partial charge < -0.3 is 19.9 Å². The maximum atomic E-state index is 14.8. The Hall–Kier alpha value is -2.62. The van der Waals surface area contributed by atoms with Gasteiger partial charge in [-0.3, -0.25) is 4.79 Å². The van der Waals surface area contributed by atoms with Crippen molar-refractivity contribution in [3.05, 3.63) is 39.4 Å². The van der Waals surface area contributed by atoms with Gasteiger partial charge in [0.05, 0.1) is 16.6 Å². The molecule has 1 aromatic carbocycles. The van der Waals surface area contributed by atoms with Gasteiger partial charge in [0.1, 0.15) is 16.9 Å². The van der Waals surface area contributed by atoms with E-state index in [0.29, 0.717) is 19.2 Å². The molecule has 0 radical (unpaired) electrons. The lowest BCUT2D eigenvalue weighted by molar-refractivity contribution is -0.136. The van der Waals surface area contributed by atoms with Crippen molar-refractivity contribution in [2.45, 2.75) is 19.6 Å².